The molecule has 0 radical (unpaired) electrons. The molecule has 1 heterocycles. The van der Waals surface area contributed by atoms with Gasteiger partial charge in [-0.15, -0.1) is 0 Å². The third-order valence-corrected chi connectivity index (χ3v) is 3.40. The summed E-state index contributed by atoms with van der Waals surface area (Å²) in [6.45, 7) is 0. The smallest absolute Gasteiger partial charge is 0.277 e. The summed E-state index contributed by atoms with van der Waals surface area (Å²) in [4.78, 5) is 14.7. The molecule has 6 heteroatoms. The van der Waals surface area contributed by atoms with Crippen molar-refractivity contribution in [2.45, 2.75) is 0 Å². The van der Waals surface area contributed by atoms with Crippen LogP contribution in [0.1, 0.15) is 0 Å². The first-order chi connectivity index (χ1) is 10.1. The van der Waals surface area contributed by atoms with Crippen LogP contribution in [-0.2, 0) is 0 Å². The van der Waals surface area contributed by atoms with Crippen molar-refractivity contribution >= 4 is 32.4 Å². The van der Waals surface area contributed by atoms with E-state index >= 15 is 0 Å². The van der Waals surface area contributed by atoms with Crippen LogP contribution in [0.15, 0.2) is 59.3 Å². The van der Waals surface area contributed by atoms with Crippen molar-refractivity contribution in [1.82, 2.24) is 4.98 Å². The van der Waals surface area contributed by atoms with E-state index in [1.807, 2.05) is 6.07 Å². The number of benzene rings is 2. The number of halogens is 1. The highest BCUT2D eigenvalue weighted by molar-refractivity contribution is 9.10. The third kappa shape index (κ3) is 2.71. The summed E-state index contributed by atoms with van der Waals surface area (Å²) in [5.74, 6) is 1.11. The van der Waals surface area contributed by atoms with Gasteiger partial charge in [0.05, 0.1) is 16.5 Å². The zero-order valence-corrected chi connectivity index (χ0v) is 12.3. The van der Waals surface area contributed by atoms with E-state index in [9.17, 15) is 10.1 Å². The minimum Gasteiger partial charge on any atom is -0.455 e. The van der Waals surface area contributed by atoms with Gasteiger partial charge in [-0.25, -0.2) is 0 Å². The molecule has 0 saturated heterocycles. The summed E-state index contributed by atoms with van der Waals surface area (Å²) in [6, 6.07) is 11.9. The Morgan fingerprint density at radius 3 is 2.57 bits per heavy atom. The highest BCUT2D eigenvalue weighted by atomic mass is 79.9. The molecule has 0 atom stereocenters. The van der Waals surface area contributed by atoms with Gasteiger partial charge in [0.1, 0.15) is 11.5 Å². The quantitative estimate of drug-likeness (QED) is 0.510. The van der Waals surface area contributed by atoms with Gasteiger partial charge >= 0.3 is 0 Å². The number of hydrogen-bond donors (Lipinski definition) is 0. The number of nitrogens with zero attached hydrogens (tertiary/aromatic N) is 2. The molecule has 0 amide bonds. The van der Waals surface area contributed by atoms with Crippen molar-refractivity contribution in [1.29, 1.82) is 0 Å². The van der Waals surface area contributed by atoms with Gasteiger partial charge in [-0.05, 0) is 34.1 Å². The van der Waals surface area contributed by atoms with Gasteiger partial charge in [0, 0.05) is 22.1 Å². The van der Waals surface area contributed by atoms with Crippen LogP contribution in [0.3, 0.4) is 0 Å². The molecule has 2 aromatic carbocycles. The highest BCUT2D eigenvalue weighted by Crippen LogP contribution is 2.35. The molecular weight excluding hydrogens is 336 g/mol. The second kappa shape index (κ2) is 5.49. The molecule has 3 rings (SSSR count). The van der Waals surface area contributed by atoms with Gasteiger partial charge in [0.25, 0.3) is 5.69 Å². The molecule has 5 nitrogen and oxygen atoms in total. The summed E-state index contributed by atoms with van der Waals surface area (Å²) in [5.41, 5.74) is 0.0605. The molecule has 0 aliphatic heterocycles. The topological polar surface area (TPSA) is 65.3 Å². The Morgan fingerprint density at radius 2 is 1.86 bits per heavy atom. The fourth-order valence-corrected chi connectivity index (χ4v) is 2.42. The standard InChI is InChI=1S/C15H9BrN2O3/c16-10-7-11(9-17-8-10)21-15-6-5-14(18(19)20)12-3-1-2-4-13(12)15/h1-9H. The molecular formula is C15H9BrN2O3. The molecule has 1 aromatic heterocycles. The number of rotatable bonds is 3. The Hall–Kier alpha value is -2.47. The van der Waals surface area contributed by atoms with E-state index in [0.29, 0.717) is 22.3 Å². The summed E-state index contributed by atoms with van der Waals surface area (Å²) < 4.78 is 6.59. The van der Waals surface area contributed by atoms with Gasteiger partial charge in [0.2, 0.25) is 0 Å². The molecule has 0 bridgehead atoms. The number of non-ortho nitro benzene ring substituents is 1. The lowest BCUT2D eigenvalue weighted by Crippen LogP contribution is -1.92. The van der Waals surface area contributed by atoms with E-state index in [-0.39, 0.29) is 5.69 Å². The predicted octanol–water partition coefficient (Wildman–Crippen LogP) is 4.70. The van der Waals surface area contributed by atoms with Crippen molar-refractivity contribution in [2.75, 3.05) is 0 Å². The van der Waals surface area contributed by atoms with Crippen molar-refractivity contribution < 1.29 is 9.66 Å². The van der Waals surface area contributed by atoms with Crippen LogP contribution in [0.25, 0.3) is 10.8 Å². The fraction of sp³-hybridized carbons (Fsp3) is 0. The number of nitro benzene ring substituents is 1. The second-order valence-corrected chi connectivity index (χ2v) is 5.24. The van der Waals surface area contributed by atoms with E-state index < -0.39 is 4.92 Å². The number of ether oxygens (including phenoxy) is 1. The SMILES string of the molecule is O=[N+]([O-])c1ccc(Oc2cncc(Br)c2)c2ccccc12. The van der Waals surface area contributed by atoms with Crippen LogP contribution in [0.4, 0.5) is 5.69 Å². The molecule has 0 unspecified atom stereocenters. The van der Waals surface area contributed by atoms with Crippen molar-refractivity contribution in [3.8, 4) is 11.5 Å². The Bertz CT molecular complexity index is 836. The normalized spacial score (nSPS) is 10.5. The van der Waals surface area contributed by atoms with Crippen LogP contribution < -0.4 is 4.74 Å². The minimum absolute atomic E-state index is 0.0605. The maximum atomic E-state index is 11.1. The van der Waals surface area contributed by atoms with Crippen molar-refractivity contribution in [2.24, 2.45) is 0 Å². The first-order valence-corrected chi connectivity index (χ1v) is 6.89. The minimum atomic E-state index is -0.396. The number of pyridine rings is 1. The van der Waals surface area contributed by atoms with Crippen LogP contribution in [0.5, 0.6) is 11.5 Å². The van der Waals surface area contributed by atoms with Crippen molar-refractivity contribution in [3.63, 3.8) is 0 Å². The maximum absolute atomic E-state index is 11.1. The van der Waals surface area contributed by atoms with Crippen LogP contribution in [0.2, 0.25) is 0 Å². The highest BCUT2D eigenvalue weighted by Gasteiger charge is 2.14. The molecule has 104 valence electrons. The zero-order valence-electron chi connectivity index (χ0n) is 10.7. The van der Waals surface area contributed by atoms with Gasteiger partial charge in [0.15, 0.2) is 0 Å². The molecule has 21 heavy (non-hydrogen) atoms. The lowest BCUT2D eigenvalue weighted by atomic mass is 10.1. The largest absolute Gasteiger partial charge is 0.455 e. The monoisotopic (exact) mass is 344 g/mol. The summed E-state index contributed by atoms with van der Waals surface area (Å²) >= 11 is 3.32. The molecule has 0 spiro atoms. The molecule has 3 aromatic rings. The lowest BCUT2D eigenvalue weighted by Gasteiger charge is -2.09. The van der Waals surface area contributed by atoms with E-state index in [2.05, 4.69) is 20.9 Å². The Kier molecular flexibility index (Phi) is 3.53. The number of fused-ring (bicyclic) bond motifs is 1. The zero-order chi connectivity index (χ0) is 14.8. The van der Waals surface area contributed by atoms with Gasteiger partial charge in [-0.2, -0.15) is 0 Å². The third-order valence-electron chi connectivity index (χ3n) is 2.97. The number of aromatic nitrogens is 1. The van der Waals surface area contributed by atoms with E-state index in [4.69, 9.17) is 4.74 Å². The second-order valence-electron chi connectivity index (χ2n) is 4.33. The predicted molar refractivity (Wildman–Crippen MR) is 82.6 cm³/mol. The summed E-state index contributed by atoms with van der Waals surface area (Å²) in [6.07, 6.45) is 3.24. The van der Waals surface area contributed by atoms with Crippen LogP contribution in [0, 0.1) is 10.1 Å². The first kappa shape index (κ1) is 13.5. The summed E-state index contributed by atoms with van der Waals surface area (Å²) in [5, 5.41) is 12.3. The molecule has 0 fully saturated rings. The van der Waals surface area contributed by atoms with Gasteiger partial charge in [-0.3, -0.25) is 15.1 Å². The lowest BCUT2D eigenvalue weighted by molar-refractivity contribution is -0.383. The summed E-state index contributed by atoms with van der Waals surface area (Å²) in [7, 11) is 0. The van der Waals surface area contributed by atoms with Gasteiger partial charge < -0.3 is 4.74 Å². The van der Waals surface area contributed by atoms with Crippen molar-refractivity contribution in [3.05, 3.63) is 69.4 Å². The van der Waals surface area contributed by atoms with Crippen LogP contribution >= 0.6 is 15.9 Å². The first-order valence-electron chi connectivity index (χ1n) is 6.10. The average Bonchev–Trinajstić information content (AvgIpc) is 2.47. The number of hydrogen-bond acceptors (Lipinski definition) is 4. The number of nitro groups is 1. The van der Waals surface area contributed by atoms with E-state index in [1.54, 1.807) is 42.7 Å². The van der Waals surface area contributed by atoms with E-state index in [0.717, 1.165) is 4.47 Å². The molecule has 0 aliphatic carbocycles. The average molecular weight is 345 g/mol. The van der Waals surface area contributed by atoms with Gasteiger partial charge in [-0.1, -0.05) is 18.2 Å². The Morgan fingerprint density at radius 1 is 1.10 bits per heavy atom. The Labute approximate surface area is 128 Å². The van der Waals surface area contributed by atoms with E-state index in [1.165, 1.54) is 6.07 Å². The Balaban J connectivity index is 2.12. The molecule has 0 saturated carbocycles. The molecule has 0 N–H and O–H groups in total. The molecule has 0 aliphatic rings. The maximum Gasteiger partial charge on any atom is 0.277 e. The fourth-order valence-electron chi connectivity index (χ4n) is 2.08. The van der Waals surface area contributed by atoms with Crippen LogP contribution in [-0.4, -0.2) is 9.91 Å².